The highest BCUT2D eigenvalue weighted by Gasteiger charge is 2.38. The molecule has 182 valence electrons. The van der Waals surface area contributed by atoms with Crippen LogP contribution in [-0.4, -0.2) is 50.7 Å². The van der Waals surface area contributed by atoms with Gasteiger partial charge in [0.2, 0.25) is 5.91 Å². The molecule has 2 aromatic heterocycles. The maximum atomic E-state index is 13.5. The Labute approximate surface area is 197 Å². The van der Waals surface area contributed by atoms with Crippen LogP contribution in [0.4, 0.5) is 10.5 Å². The maximum Gasteiger partial charge on any atom is 0.408 e. The van der Waals surface area contributed by atoms with Gasteiger partial charge in [-0.25, -0.2) is 14.8 Å². The van der Waals surface area contributed by atoms with E-state index in [2.05, 4.69) is 15.3 Å². The fourth-order valence-corrected chi connectivity index (χ4v) is 3.83. The molecule has 3 rings (SSSR count). The third kappa shape index (κ3) is 5.38. The van der Waals surface area contributed by atoms with E-state index in [1.54, 1.807) is 39.1 Å². The van der Waals surface area contributed by atoms with E-state index < -0.39 is 23.6 Å². The van der Waals surface area contributed by atoms with Gasteiger partial charge >= 0.3 is 6.09 Å². The molecule has 2 amide bonds. The van der Waals surface area contributed by atoms with E-state index in [-0.39, 0.29) is 5.92 Å². The zero-order valence-electron chi connectivity index (χ0n) is 20.2. The first-order valence-corrected chi connectivity index (χ1v) is 10.9. The Hall–Kier alpha value is -3.82. The van der Waals surface area contributed by atoms with Crippen LogP contribution in [0.15, 0.2) is 46.1 Å². The molecular weight excluding hydrogens is 440 g/mol. The SMILES string of the molecule is COc1cc(NC(=O)C(CC(C)C)N(C(=O)O)C(C)(C)C)c(-c2cnco2)cc1-c1cnco1. The van der Waals surface area contributed by atoms with Gasteiger partial charge in [0.15, 0.2) is 24.3 Å². The average Bonchev–Trinajstić information content (AvgIpc) is 3.45. The molecule has 0 aliphatic heterocycles. The molecule has 0 saturated carbocycles. The summed E-state index contributed by atoms with van der Waals surface area (Å²) in [7, 11) is 1.50. The fraction of sp³-hybridized carbons (Fsp3) is 0.417. The van der Waals surface area contributed by atoms with Gasteiger partial charge in [0.05, 0.1) is 30.8 Å². The van der Waals surface area contributed by atoms with Gasteiger partial charge in [0.25, 0.3) is 0 Å². The molecule has 10 nitrogen and oxygen atoms in total. The fourth-order valence-electron chi connectivity index (χ4n) is 3.83. The first kappa shape index (κ1) is 24.8. The minimum Gasteiger partial charge on any atom is -0.496 e. The van der Waals surface area contributed by atoms with Crippen molar-refractivity contribution in [2.45, 2.75) is 52.6 Å². The summed E-state index contributed by atoms with van der Waals surface area (Å²) < 4.78 is 16.5. The lowest BCUT2D eigenvalue weighted by Gasteiger charge is -2.39. The molecule has 3 aromatic rings. The number of ether oxygens (including phenoxy) is 1. The highest BCUT2D eigenvalue weighted by atomic mass is 16.5. The molecule has 0 aliphatic carbocycles. The summed E-state index contributed by atoms with van der Waals surface area (Å²) in [5.41, 5.74) is 0.725. The first-order chi connectivity index (χ1) is 16.0. The molecule has 10 heteroatoms. The van der Waals surface area contributed by atoms with Crippen molar-refractivity contribution in [3.8, 4) is 28.4 Å². The second kappa shape index (κ2) is 9.98. The zero-order valence-corrected chi connectivity index (χ0v) is 20.2. The van der Waals surface area contributed by atoms with E-state index in [0.29, 0.717) is 40.5 Å². The molecule has 0 saturated heterocycles. The van der Waals surface area contributed by atoms with E-state index in [9.17, 15) is 14.7 Å². The lowest BCUT2D eigenvalue weighted by Crippen LogP contribution is -2.56. The molecule has 2 N–H and O–H groups in total. The summed E-state index contributed by atoms with van der Waals surface area (Å²) in [6.45, 7) is 9.17. The van der Waals surface area contributed by atoms with Crippen molar-refractivity contribution in [1.29, 1.82) is 0 Å². The number of rotatable bonds is 8. The predicted molar refractivity (Wildman–Crippen MR) is 125 cm³/mol. The topological polar surface area (TPSA) is 131 Å². The highest BCUT2D eigenvalue weighted by molar-refractivity contribution is 6.00. The largest absolute Gasteiger partial charge is 0.496 e. The number of carbonyl (C=O) groups is 2. The number of aromatic nitrogens is 2. The minimum absolute atomic E-state index is 0.0806. The number of hydrogen-bond donors (Lipinski definition) is 2. The molecule has 0 aliphatic rings. The highest BCUT2D eigenvalue weighted by Crippen LogP contribution is 2.40. The van der Waals surface area contributed by atoms with Crippen LogP contribution >= 0.6 is 0 Å². The number of nitrogens with one attached hydrogen (secondary N) is 1. The summed E-state index contributed by atoms with van der Waals surface area (Å²) in [6.07, 6.45) is 4.84. The van der Waals surface area contributed by atoms with Gasteiger partial charge in [-0.3, -0.25) is 9.69 Å². The molecular formula is C24H30N4O6. The van der Waals surface area contributed by atoms with Crippen LogP contribution in [0.25, 0.3) is 22.6 Å². The molecule has 0 fully saturated rings. The third-order valence-electron chi connectivity index (χ3n) is 5.23. The lowest BCUT2D eigenvalue weighted by molar-refractivity contribution is -0.123. The Kier molecular flexibility index (Phi) is 7.29. The summed E-state index contributed by atoms with van der Waals surface area (Å²) in [4.78, 5) is 34.8. The van der Waals surface area contributed by atoms with Crippen molar-refractivity contribution in [2.24, 2.45) is 5.92 Å². The lowest BCUT2D eigenvalue weighted by atomic mass is 9.96. The summed E-state index contributed by atoms with van der Waals surface area (Å²) in [5, 5.41) is 12.8. The molecule has 1 unspecified atom stereocenters. The number of anilines is 1. The van der Waals surface area contributed by atoms with Crippen molar-refractivity contribution < 1.29 is 28.3 Å². The molecule has 0 bridgehead atoms. The number of carboxylic acid groups (broad SMARTS) is 1. The number of amides is 2. The van der Waals surface area contributed by atoms with Crippen LogP contribution in [0.1, 0.15) is 41.0 Å². The van der Waals surface area contributed by atoms with Crippen molar-refractivity contribution in [3.63, 3.8) is 0 Å². The quantitative estimate of drug-likeness (QED) is 0.463. The monoisotopic (exact) mass is 470 g/mol. The van der Waals surface area contributed by atoms with Gasteiger partial charge in [-0.05, 0) is 39.2 Å². The van der Waals surface area contributed by atoms with E-state index in [1.807, 2.05) is 13.8 Å². The Bertz CT molecular complexity index is 1120. The minimum atomic E-state index is -1.16. The number of oxazole rings is 2. The van der Waals surface area contributed by atoms with Crippen LogP contribution in [0.3, 0.4) is 0 Å². The smallest absolute Gasteiger partial charge is 0.408 e. The normalized spacial score (nSPS) is 12.4. The maximum absolute atomic E-state index is 13.5. The van der Waals surface area contributed by atoms with Gasteiger partial charge in [-0.15, -0.1) is 0 Å². The van der Waals surface area contributed by atoms with Crippen molar-refractivity contribution in [2.75, 3.05) is 12.4 Å². The molecule has 0 radical (unpaired) electrons. The summed E-state index contributed by atoms with van der Waals surface area (Å²) >= 11 is 0. The second-order valence-electron chi connectivity index (χ2n) is 9.29. The van der Waals surface area contributed by atoms with E-state index in [1.165, 1.54) is 31.0 Å². The number of nitrogens with zero attached hydrogens (tertiary/aromatic N) is 3. The summed E-state index contributed by atoms with van der Waals surface area (Å²) in [6, 6.07) is 2.47. The van der Waals surface area contributed by atoms with E-state index >= 15 is 0 Å². The Balaban J connectivity index is 2.09. The number of hydrogen-bond acceptors (Lipinski definition) is 7. The van der Waals surface area contributed by atoms with E-state index in [4.69, 9.17) is 13.6 Å². The van der Waals surface area contributed by atoms with Crippen molar-refractivity contribution >= 4 is 17.7 Å². The Morgan fingerprint density at radius 3 is 2.12 bits per heavy atom. The average molecular weight is 471 g/mol. The van der Waals surface area contributed by atoms with Crippen LogP contribution in [0.2, 0.25) is 0 Å². The van der Waals surface area contributed by atoms with Crippen molar-refractivity contribution in [1.82, 2.24) is 14.9 Å². The molecule has 1 aromatic carbocycles. The van der Waals surface area contributed by atoms with Crippen LogP contribution in [0, 0.1) is 5.92 Å². The van der Waals surface area contributed by atoms with Gasteiger partial charge < -0.3 is 24.0 Å². The number of methoxy groups -OCH3 is 1. The van der Waals surface area contributed by atoms with Gasteiger partial charge in [0, 0.05) is 17.2 Å². The standard InChI is InChI=1S/C24H30N4O6/c1-14(2)7-18(28(23(30)31)24(3,4)5)22(29)27-17-9-19(32-6)16(21-11-26-13-34-21)8-15(17)20-10-25-12-33-20/h8-14,18H,7H2,1-6H3,(H,27,29)(H,30,31). The molecule has 34 heavy (non-hydrogen) atoms. The van der Waals surface area contributed by atoms with E-state index in [0.717, 1.165) is 0 Å². The number of benzene rings is 1. The Morgan fingerprint density at radius 1 is 1.09 bits per heavy atom. The van der Waals surface area contributed by atoms with Gasteiger partial charge in [0.1, 0.15) is 11.8 Å². The predicted octanol–water partition coefficient (Wildman–Crippen LogP) is 5.14. The third-order valence-corrected chi connectivity index (χ3v) is 5.23. The van der Waals surface area contributed by atoms with Gasteiger partial charge in [-0.2, -0.15) is 0 Å². The number of carbonyl (C=O) groups excluding carboxylic acids is 1. The molecule has 1 atom stereocenters. The first-order valence-electron chi connectivity index (χ1n) is 10.9. The zero-order chi connectivity index (χ0) is 25.0. The summed E-state index contributed by atoms with van der Waals surface area (Å²) in [5.74, 6) is 0.933. The van der Waals surface area contributed by atoms with Gasteiger partial charge in [-0.1, -0.05) is 13.8 Å². The molecule has 0 spiro atoms. The van der Waals surface area contributed by atoms with Crippen LogP contribution < -0.4 is 10.1 Å². The van der Waals surface area contributed by atoms with Crippen LogP contribution in [0.5, 0.6) is 5.75 Å². The Morgan fingerprint density at radius 2 is 1.68 bits per heavy atom. The molecule has 2 heterocycles. The van der Waals surface area contributed by atoms with Crippen LogP contribution in [-0.2, 0) is 4.79 Å². The second-order valence-corrected chi connectivity index (χ2v) is 9.29. The van der Waals surface area contributed by atoms with Crippen molar-refractivity contribution in [3.05, 3.63) is 37.3 Å².